The van der Waals surface area contributed by atoms with Gasteiger partial charge in [-0.25, -0.2) is 9.78 Å². The summed E-state index contributed by atoms with van der Waals surface area (Å²) in [6, 6.07) is 10.1. The van der Waals surface area contributed by atoms with Crippen LogP contribution >= 0.6 is 0 Å². The molecule has 6 nitrogen and oxygen atoms in total. The quantitative estimate of drug-likeness (QED) is 0.914. The maximum Gasteiger partial charge on any atom is 0.324 e. The molecule has 0 radical (unpaired) electrons. The fraction of sp³-hybridized carbons (Fsp3) is 0.421. The van der Waals surface area contributed by atoms with Crippen molar-refractivity contribution < 1.29 is 4.79 Å². The van der Waals surface area contributed by atoms with Crippen LogP contribution in [0.2, 0.25) is 0 Å². The number of nitrogens with zero attached hydrogens (tertiary/aromatic N) is 4. The van der Waals surface area contributed by atoms with Crippen molar-refractivity contribution in [3.05, 3.63) is 47.7 Å². The van der Waals surface area contributed by atoms with E-state index in [0.29, 0.717) is 19.0 Å². The Morgan fingerprint density at radius 1 is 1.24 bits per heavy atom. The lowest BCUT2D eigenvalue weighted by molar-refractivity contribution is 0.202. The maximum atomic E-state index is 12.8. The van der Waals surface area contributed by atoms with Crippen LogP contribution in [0.4, 0.5) is 16.6 Å². The molecule has 0 spiro atoms. The molecule has 1 aromatic carbocycles. The van der Waals surface area contributed by atoms with Gasteiger partial charge in [-0.1, -0.05) is 38.1 Å². The molecule has 3 rings (SSSR count). The standard InChI is InChI=1S/C19H25N5O/c1-19(2)13-24(12-10-14-7-5-6-8-15(14)19)18(25)22-17-20-11-9-16(21-17)23(3)4/h5-9,11H,10,12-13H2,1-4H3,(H,20,21,22,25). The van der Waals surface area contributed by atoms with E-state index in [1.807, 2.05) is 23.9 Å². The van der Waals surface area contributed by atoms with Crippen molar-refractivity contribution in [3.63, 3.8) is 0 Å². The van der Waals surface area contributed by atoms with Crippen molar-refractivity contribution in [2.75, 3.05) is 37.4 Å². The molecule has 0 saturated heterocycles. The summed E-state index contributed by atoms with van der Waals surface area (Å²) in [6.07, 6.45) is 2.51. The second-order valence-corrected chi connectivity index (χ2v) is 7.28. The number of carbonyl (C=O) groups is 1. The number of anilines is 2. The fourth-order valence-electron chi connectivity index (χ4n) is 3.30. The largest absolute Gasteiger partial charge is 0.363 e. The molecule has 0 bridgehead atoms. The second-order valence-electron chi connectivity index (χ2n) is 7.28. The van der Waals surface area contributed by atoms with Gasteiger partial charge in [0, 0.05) is 38.8 Å². The van der Waals surface area contributed by atoms with Crippen molar-refractivity contribution in [2.24, 2.45) is 0 Å². The summed E-state index contributed by atoms with van der Waals surface area (Å²) in [6.45, 7) is 5.70. The van der Waals surface area contributed by atoms with Crippen molar-refractivity contribution in [2.45, 2.75) is 25.7 Å². The van der Waals surface area contributed by atoms with E-state index >= 15 is 0 Å². The highest BCUT2D eigenvalue weighted by Gasteiger charge is 2.31. The van der Waals surface area contributed by atoms with Gasteiger partial charge in [0.15, 0.2) is 0 Å². The third kappa shape index (κ3) is 3.73. The zero-order valence-electron chi connectivity index (χ0n) is 15.3. The summed E-state index contributed by atoms with van der Waals surface area (Å²) in [5.41, 5.74) is 2.53. The molecular formula is C19H25N5O. The minimum Gasteiger partial charge on any atom is -0.363 e. The highest BCUT2D eigenvalue weighted by Crippen LogP contribution is 2.30. The van der Waals surface area contributed by atoms with Gasteiger partial charge in [-0.2, -0.15) is 4.98 Å². The zero-order valence-corrected chi connectivity index (χ0v) is 15.3. The number of aromatic nitrogens is 2. The molecule has 0 atom stereocenters. The summed E-state index contributed by atoms with van der Waals surface area (Å²) in [7, 11) is 3.81. The zero-order chi connectivity index (χ0) is 18.0. The Morgan fingerprint density at radius 3 is 2.76 bits per heavy atom. The molecule has 1 aromatic heterocycles. The number of hydrogen-bond donors (Lipinski definition) is 1. The summed E-state index contributed by atoms with van der Waals surface area (Å²) in [4.78, 5) is 25.0. The van der Waals surface area contributed by atoms with Crippen LogP contribution in [0.15, 0.2) is 36.5 Å². The van der Waals surface area contributed by atoms with Crippen LogP contribution in [0.1, 0.15) is 25.0 Å². The van der Waals surface area contributed by atoms with E-state index in [4.69, 9.17) is 0 Å². The van der Waals surface area contributed by atoms with E-state index in [9.17, 15) is 4.79 Å². The van der Waals surface area contributed by atoms with Crippen LogP contribution in [0.3, 0.4) is 0 Å². The molecule has 0 saturated carbocycles. The molecule has 0 fully saturated rings. The number of rotatable bonds is 2. The molecule has 1 N–H and O–H groups in total. The number of amides is 2. The summed E-state index contributed by atoms with van der Waals surface area (Å²) < 4.78 is 0. The van der Waals surface area contributed by atoms with Crippen LogP contribution in [0.5, 0.6) is 0 Å². The van der Waals surface area contributed by atoms with E-state index in [2.05, 4.69) is 53.4 Å². The Kier molecular flexibility index (Phi) is 4.61. The van der Waals surface area contributed by atoms with Gasteiger partial charge >= 0.3 is 6.03 Å². The Bertz CT molecular complexity index is 772. The molecule has 2 heterocycles. The Hall–Kier alpha value is -2.63. The maximum absolute atomic E-state index is 12.8. The lowest BCUT2D eigenvalue weighted by Crippen LogP contribution is -2.42. The molecule has 2 amide bonds. The first-order chi connectivity index (χ1) is 11.9. The van der Waals surface area contributed by atoms with Crippen LogP contribution in [0.25, 0.3) is 0 Å². The van der Waals surface area contributed by atoms with Gasteiger partial charge in [-0.05, 0) is 23.6 Å². The Balaban J connectivity index is 1.77. The van der Waals surface area contributed by atoms with Gasteiger partial charge in [-0.15, -0.1) is 0 Å². The first-order valence-corrected chi connectivity index (χ1v) is 8.51. The SMILES string of the molecule is CN(C)c1ccnc(NC(=O)N2CCc3ccccc3C(C)(C)C2)n1. The number of urea groups is 1. The molecule has 0 unspecified atom stereocenters. The second kappa shape index (κ2) is 6.70. The van der Waals surface area contributed by atoms with Gasteiger partial charge in [0.25, 0.3) is 0 Å². The lowest BCUT2D eigenvalue weighted by atomic mass is 9.82. The highest BCUT2D eigenvalue weighted by atomic mass is 16.2. The predicted molar refractivity (Wildman–Crippen MR) is 100 cm³/mol. The van der Waals surface area contributed by atoms with Crippen molar-refractivity contribution in [3.8, 4) is 0 Å². The monoisotopic (exact) mass is 339 g/mol. The molecule has 0 aliphatic carbocycles. The summed E-state index contributed by atoms with van der Waals surface area (Å²) >= 11 is 0. The molecular weight excluding hydrogens is 314 g/mol. The molecule has 1 aliphatic heterocycles. The van der Waals surface area contributed by atoms with Gasteiger partial charge in [0.05, 0.1) is 0 Å². The smallest absolute Gasteiger partial charge is 0.324 e. The van der Waals surface area contributed by atoms with Crippen molar-refractivity contribution >= 4 is 17.8 Å². The molecule has 1 aliphatic rings. The number of nitrogens with one attached hydrogen (secondary N) is 1. The van der Waals surface area contributed by atoms with E-state index in [1.54, 1.807) is 12.3 Å². The molecule has 25 heavy (non-hydrogen) atoms. The molecule has 132 valence electrons. The number of benzene rings is 1. The van der Waals surface area contributed by atoms with Crippen LogP contribution in [-0.4, -0.2) is 48.1 Å². The molecule has 2 aromatic rings. The number of fused-ring (bicyclic) bond motifs is 1. The summed E-state index contributed by atoms with van der Waals surface area (Å²) in [5, 5.41) is 2.84. The predicted octanol–water partition coefficient (Wildman–Crippen LogP) is 2.91. The highest BCUT2D eigenvalue weighted by molar-refractivity contribution is 5.87. The van der Waals surface area contributed by atoms with E-state index in [-0.39, 0.29) is 11.4 Å². The minimum atomic E-state index is -0.156. The van der Waals surface area contributed by atoms with Gasteiger partial charge < -0.3 is 9.80 Å². The Labute approximate surface area is 148 Å². The third-order valence-corrected chi connectivity index (χ3v) is 4.59. The van der Waals surface area contributed by atoms with Gasteiger partial charge in [0.1, 0.15) is 5.82 Å². The number of hydrogen-bond acceptors (Lipinski definition) is 4. The van der Waals surface area contributed by atoms with E-state index < -0.39 is 0 Å². The topological polar surface area (TPSA) is 61.4 Å². The Morgan fingerprint density at radius 2 is 2.00 bits per heavy atom. The van der Waals surface area contributed by atoms with Crippen LogP contribution < -0.4 is 10.2 Å². The summed E-state index contributed by atoms with van der Waals surface area (Å²) in [5.74, 6) is 1.09. The third-order valence-electron chi connectivity index (χ3n) is 4.59. The lowest BCUT2D eigenvalue weighted by Gasteiger charge is -2.30. The van der Waals surface area contributed by atoms with Gasteiger partial charge in [0.2, 0.25) is 5.95 Å². The van der Waals surface area contributed by atoms with Crippen LogP contribution in [0, 0.1) is 0 Å². The van der Waals surface area contributed by atoms with Crippen molar-refractivity contribution in [1.29, 1.82) is 0 Å². The minimum absolute atomic E-state index is 0.100. The van der Waals surface area contributed by atoms with Crippen LogP contribution in [-0.2, 0) is 11.8 Å². The normalized spacial score (nSPS) is 15.9. The fourth-order valence-corrected chi connectivity index (χ4v) is 3.30. The van der Waals surface area contributed by atoms with Gasteiger partial charge in [-0.3, -0.25) is 5.32 Å². The first kappa shape index (κ1) is 17.2. The van der Waals surface area contributed by atoms with E-state index in [0.717, 1.165) is 12.2 Å². The van der Waals surface area contributed by atoms with Crippen molar-refractivity contribution in [1.82, 2.24) is 14.9 Å². The first-order valence-electron chi connectivity index (χ1n) is 8.51. The van der Waals surface area contributed by atoms with E-state index in [1.165, 1.54) is 11.1 Å². The average Bonchev–Trinajstić information content (AvgIpc) is 2.72. The molecule has 6 heteroatoms. The number of carbonyl (C=O) groups excluding carboxylic acids is 1. The average molecular weight is 339 g/mol.